The lowest BCUT2D eigenvalue weighted by Gasteiger charge is -2.25. The molecule has 0 aliphatic carbocycles. The monoisotopic (exact) mass is 551 g/mol. The number of rotatable bonds is 10. The highest BCUT2D eigenvalue weighted by Gasteiger charge is 2.45. The fraction of sp³-hybridized carbons (Fsp3) is 0.455. The zero-order chi connectivity index (χ0) is 27.6. The van der Waals surface area contributed by atoms with E-state index in [9.17, 15) is 19.3 Å². The molecule has 0 amide bonds. The van der Waals surface area contributed by atoms with Crippen molar-refractivity contribution in [3.8, 4) is 5.75 Å². The fourth-order valence-electron chi connectivity index (χ4n) is 3.79. The zero-order valence-electron chi connectivity index (χ0n) is 20.9. The van der Waals surface area contributed by atoms with E-state index in [0.29, 0.717) is 0 Å². The minimum Gasteiger partial charge on any atom is -0.462 e. The molecule has 0 bridgehead atoms. The van der Waals surface area contributed by atoms with E-state index < -0.39 is 56.4 Å². The van der Waals surface area contributed by atoms with Gasteiger partial charge in [-0.1, -0.05) is 18.2 Å². The van der Waals surface area contributed by atoms with Gasteiger partial charge in [0.25, 0.3) is 5.56 Å². The lowest BCUT2D eigenvalue weighted by molar-refractivity contribution is -0.149. The zero-order valence-corrected chi connectivity index (χ0v) is 21.8. The Bertz CT molecular complexity index is 1380. The first kappa shape index (κ1) is 27.7. The largest absolute Gasteiger partial charge is 0.462 e. The van der Waals surface area contributed by atoms with Crippen LogP contribution in [-0.2, 0) is 23.4 Å². The highest BCUT2D eigenvalue weighted by atomic mass is 31.2. The first-order valence-electron chi connectivity index (χ1n) is 11.8. The Hall–Kier alpha value is -3.33. The molecule has 3 heterocycles. The predicted octanol–water partition coefficient (Wildman–Crippen LogP) is 0.421. The second kappa shape index (κ2) is 11.2. The number of esters is 1. The summed E-state index contributed by atoms with van der Waals surface area (Å²) in [4.78, 5) is 34.9. The summed E-state index contributed by atoms with van der Waals surface area (Å²) < 4.78 is 37.3. The van der Waals surface area contributed by atoms with Gasteiger partial charge in [-0.25, -0.2) is 9.55 Å². The van der Waals surface area contributed by atoms with E-state index in [2.05, 4.69) is 20.0 Å². The molecule has 0 spiro atoms. The molecule has 4 rings (SSSR count). The number of anilines is 1. The Morgan fingerprint density at radius 1 is 1.32 bits per heavy atom. The average Bonchev–Trinajstić information content (AvgIpc) is 3.39. The molecule has 38 heavy (non-hydrogen) atoms. The van der Waals surface area contributed by atoms with Gasteiger partial charge < -0.3 is 30.6 Å². The lowest BCUT2D eigenvalue weighted by Crippen LogP contribution is -2.41. The third kappa shape index (κ3) is 6.04. The van der Waals surface area contributed by atoms with Crippen LogP contribution in [0.3, 0.4) is 0 Å². The number of para-hydroxylation sites is 1. The number of nitrogens with one attached hydrogen (secondary N) is 2. The first-order chi connectivity index (χ1) is 18.0. The molecule has 1 saturated heterocycles. The number of imidazole rings is 1. The number of benzene rings is 1. The number of carbonyl (C=O) groups excluding carboxylic acids is 1. The number of H-pyrrole nitrogens is 1. The van der Waals surface area contributed by atoms with Crippen molar-refractivity contribution in [3.05, 3.63) is 47.0 Å². The summed E-state index contributed by atoms with van der Waals surface area (Å²) in [5, 5.41) is 13.3. The van der Waals surface area contributed by atoms with Crippen molar-refractivity contribution in [3.63, 3.8) is 0 Å². The summed E-state index contributed by atoms with van der Waals surface area (Å²) in [7, 11) is -4.20. The highest BCUT2D eigenvalue weighted by molar-refractivity contribution is 7.52. The number of aromatic amines is 1. The molecule has 1 aliphatic heterocycles. The fourth-order valence-corrected chi connectivity index (χ4v) is 5.29. The number of aliphatic hydroxyl groups is 1. The minimum absolute atomic E-state index is 0.0106. The van der Waals surface area contributed by atoms with E-state index in [1.54, 1.807) is 44.2 Å². The smallest absolute Gasteiger partial charge is 0.459 e. The van der Waals surface area contributed by atoms with Crippen LogP contribution in [0, 0.1) is 0 Å². The van der Waals surface area contributed by atoms with Crippen LogP contribution in [0.2, 0.25) is 0 Å². The van der Waals surface area contributed by atoms with Crippen LogP contribution in [0.5, 0.6) is 5.75 Å². The molecule has 3 aromatic rings. The Labute approximate surface area is 217 Å². The maximum atomic E-state index is 13.7. The molecule has 6 atom stereocenters. The van der Waals surface area contributed by atoms with Gasteiger partial charge in [-0.05, 0) is 32.9 Å². The van der Waals surface area contributed by atoms with Crippen molar-refractivity contribution in [1.82, 2.24) is 24.6 Å². The van der Waals surface area contributed by atoms with E-state index in [0.717, 1.165) is 0 Å². The van der Waals surface area contributed by atoms with Gasteiger partial charge in [0.2, 0.25) is 5.95 Å². The number of nitrogens with zero attached hydrogens (tertiary/aromatic N) is 3. The lowest BCUT2D eigenvalue weighted by atomic mass is 10.1. The normalized spacial score (nSPS) is 23.8. The van der Waals surface area contributed by atoms with E-state index in [1.165, 1.54) is 17.8 Å². The van der Waals surface area contributed by atoms with E-state index >= 15 is 0 Å². The standard InChI is InChI=1S/C22H30N7O8P/c1-11(2)35-21(32)12(3)28-38(33,37-13-7-5-4-6-8-13)34-9-14-17(30)15(23)20(36-14)29-10-25-16-18(29)26-22(24)27-19(16)31/h4-8,10-12,14-15,17,20,30H,9,23H2,1-3H3,(H,28,33)(H3,24,26,27,31)/t12-,14+,15+,17+,20+,38+/m0/s1. The summed E-state index contributed by atoms with van der Waals surface area (Å²) >= 11 is 0. The third-order valence-electron chi connectivity index (χ3n) is 5.58. The van der Waals surface area contributed by atoms with Crippen molar-refractivity contribution in [2.75, 3.05) is 12.3 Å². The van der Waals surface area contributed by atoms with E-state index in [1.807, 2.05) is 0 Å². The Kier molecular flexibility index (Phi) is 8.16. The first-order valence-corrected chi connectivity index (χ1v) is 13.3. The van der Waals surface area contributed by atoms with Crippen LogP contribution in [0.1, 0.15) is 27.0 Å². The van der Waals surface area contributed by atoms with Crippen LogP contribution in [0.25, 0.3) is 11.2 Å². The van der Waals surface area contributed by atoms with Crippen LogP contribution >= 0.6 is 7.75 Å². The Morgan fingerprint density at radius 3 is 2.71 bits per heavy atom. The van der Waals surface area contributed by atoms with Crippen LogP contribution in [0.4, 0.5) is 5.95 Å². The number of ether oxygens (including phenoxy) is 2. The number of hydrogen-bond donors (Lipinski definition) is 5. The minimum atomic E-state index is -4.20. The number of aromatic nitrogens is 4. The molecule has 1 fully saturated rings. The molecule has 15 nitrogen and oxygen atoms in total. The van der Waals surface area contributed by atoms with Gasteiger partial charge in [0.15, 0.2) is 17.4 Å². The quantitative estimate of drug-likeness (QED) is 0.171. The van der Waals surface area contributed by atoms with Crippen molar-refractivity contribution in [2.45, 2.75) is 57.4 Å². The summed E-state index contributed by atoms with van der Waals surface area (Å²) in [6.07, 6.45) is -2.44. The van der Waals surface area contributed by atoms with Gasteiger partial charge in [0.05, 0.1) is 25.1 Å². The molecular formula is C22H30N7O8P. The molecule has 1 aliphatic rings. The second-order valence-electron chi connectivity index (χ2n) is 8.94. The number of fused-ring (bicyclic) bond motifs is 1. The molecule has 0 saturated carbocycles. The summed E-state index contributed by atoms with van der Waals surface area (Å²) in [6, 6.07) is 6.16. The maximum Gasteiger partial charge on any atom is 0.459 e. The number of nitrogens with two attached hydrogens (primary N) is 2. The summed E-state index contributed by atoms with van der Waals surface area (Å²) in [5.41, 5.74) is 11.4. The topological polar surface area (TPSA) is 219 Å². The summed E-state index contributed by atoms with van der Waals surface area (Å²) in [6.45, 7) is 4.38. The van der Waals surface area contributed by atoms with Gasteiger partial charge in [-0.2, -0.15) is 10.1 Å². The van der Waals surface area contributed by atoms with Gasteiger partial charge in [0, 0.05) is 0 Å². The second-order valence-corrected chi connectivity index (χ2v) is 10.6. The van der Waals surface area contributed by atoms with Gasteiger partial charge >= 0.3 is 13.7 Å². The van der Waals surface area contributed by atoms with Crippen LogP contribution < -0.4 is 26.6 Å². The highest BCUT2D eigenvalue weighted by Crippen LogP contribution is 2.46. The van der Waals surface area contributed by atoms with E-state index in [4.69, 9.17) is 30.0 Å². The Morgan fingerprint density at radius 2 is 2.03 bits per heavy atom. The predicted molar refractivity (Wildman–Crippen MR) is 135 cm³/mol. The SMILES string of the molecule is CC(C)OC(=O)[C@H](C)N[P@@](=O)(OC[C@H]1O[C@@H](n2cnc3c(=O)[nH]c(N)nc32)[C@H](N)[C@@H]1O)Oc1ccccc1. The van der Waals surface area contributed by atoms with Crippen molar-refractivity contribution < 1.29 is 33.0 Å². The van der Waals surface area contributed by atoms with Crippen LogP contribution in [-0.4, -0.2) is 67.6 Å². The van der Waals surface area contributed by atoms with Crippen molar-refractivity contribution >= 4 is 30.8 Å². The molecule has 206 valence electrons. The van der Waals surface area contributed by atoms with Gasteiger partial charge in [0.1, 0.15) is 24.0 Å². The number of aliphatic hydroxyl groups excluding tert-OH is 1. The molecule has 0 radical (unpaired) electrons. The Balaban J connectivity index is 1.52. The molecule has 2 aromatic heterocycles. The maximum absolute atomic E-state index is 13.7. The number of nitrogen functional groups attached to an aromatic ring is 1. The number of hydrogen-bond acceptors (Lipinski definition) is 12. The summed E-state index contributed by atoms with van der Waals surface area (Å²) in [5.74, 6) is -0.575. The van der Waals surface area contributed by atoms with Crippen molar-refractivity contribution in [1.29, 1.82) is 0 Å². The molecule has 1 aromatic carbocycles. The molecular weight excluding hydrogens is 521 g/mol. The third-order valence-corrected chi connectivity index (χ3v) is 7.22. The van der Waals surface area contributed by atoms with Crippen LogP contribution in [0.15, 0.2) is 41.5 Å². The van der Waals surface area contributed by atoms with Gasteiger partial charge in [-0.3, -0.25) is 23.7 Å². The number of carbonyl (C=O) groups is 1. The molecule has 0 unspecified atom stereocenters. The van der Waals surface area contributed by atoms with Crippen molar-refractivity contribution in [2.24, 2.45) is 5.73 Å². The average molecular weight is 551 g/mol. The molecule has 7 N–H and O–H groups in total. The van der Waals surface area contributed by atoms with E-state index in [-0.39, 0.29) is 29.0 Å². The molecule has 16 heteroatoms. The van der Waals surface area contributed by atoms with Gasteiger partial charge in [-0.15, -0.1) is 0 Å².